The quantitative estimate of drug-likeness (QED) is 0.0175. The lowest BCUT2D eigenvalue weighted by molar-refractivity contribution is -0.408. The number of hydrogen-bond acceptors (Lipinski definition) is 45. The highest BCUT2D eigenvalue weighted by Gasteiger charge is 2.60. The van der Waals surface area contributed by atoms with E-state index in [1.54, 1.807) is 39.8 Å². The van der Waals surface area contributed by atoms with Crippen LogP contribution in [-0.4, -0.2) is 458 Å². The first kappa shape index (κ1) is 129. The molecule has 0 spiro atoms. The number of fused-ring (bicyclic) bond motifs is 2. The standard InChI is InChI=1S/C103H181N3O44/c1-44-23-19-21-27-66(115)49(6)69(118)34-63(114)36-72(142-98-88(128)86(126)84(124)75(42-107)144-98)51(8)73-39-70(119)96(132)103(134,150-73)40-74(45(2)29-31-62(113)33-60(111)26-22-28-67(116)50(7)97(133)141-71(44)35-61(112)25-20-18-24-46(3)80(120)47(4)30-32-68(117)48(5)52(9)135-79-41-102(17,104)95(131)57(14)138-79)143-101-94(149-99-89(129)87(127)85(125)76(43-108)145-99)93(147-78-38-65(106-59(16)110)82(122)54(11)137-78)91(56(13)140-101)148-100-90(130)92(83(123)55(12)139-100)146-77-37-64(105-58(15)109)81(121)53(10)136-77/h19,21-23,27-28,44-57,60-96,98-101,107-108,111-132,134H,18,20,24-26,29-43,104H2,1-17H3,(H,105,109)(H,106,110)/t44?,45?,46?,47?,48?,49?,50?,51?,52?,53-,54-,55-,56-,57+,60?,61?,62?,63?,64-,65-,66?,67?,68?,69?,70?,71?,72?,73?,74?,75-,76-,77+,78+,79-,80?,81-,82-,83-,84-,85-,86+,87+,88-,89-,90-,91-,92+,93+,94-,95-,96?,98-,99+,100+,101+,102+,103?/m1/s1. The Kier molecular flexibility index (Phi) is 50.8. The molecular weight excluding hydrogens is 1980 g/mol. The van der Waals surface area contributed by atoms with Crippen LogP contribution < -0.4 is 16.4 Å². The molecule has 25 unspecified atom stereocenters. The van der Waals surface area contributed by atoms with E-state index < -0.39 is 386 Å². The van der Waals surface area contributed by atoms with Crippen molar-refractivity contribution in [2.75, 3.05) is 13.2 Å². The van der Waals surface area contributed by atoms with Crippen molar-refractivity contribution in [1.82, 2.24) is 10.6 Å². The second kappa shape index (κ2) is 58.9. The van der Waals surface area contributed by atoms with Crippen LogP contribution in [0.4, 0.5) is 0 Å². The molecule has 0 radical (unpaired) electrons. The molecule has 0 saturated carbocycles. The van der Waals surface area contributed by atoms with E-state index in [9.17, 15) is 142 Å². The molecule has 57 atom stereocenters. The Balaban J connectivity index is 1.02. The number of aliphatic hydroxyl groups is 25. The minimum absolute atomic E-state index is 0.0860. The molecule has 150 heavy (non-hydrogen) atoms. The highest BCUT2D eigenvalue weighted by Crippen LogP contribution is 2.45. The molecule has 8 fully saturated rings. The monoisotopic (exact) mass is 2160 g/mol. The molecule has 0 aliphatic carbocycles. The van der Waals surface area contributed by atoms with Crippen LogP contribution in [-0.2, 0) is 90.2 Å². The number of ether oxygens (including phenoxy) is 16. The Morgan fingerprint density at radius 3 is 1.57 bits per heavy atom. The Labute approximate surface area is 877 Å². The maximum atomic E-state index is 14.3. The molecule has 9 aliphatic heterocycles. The Morgan fingerprint density at radius 2 is 0.993 bits per heavy atom. The lowest BCUT2D eigenvalue weighted by atomic mass is 9.82. The van der Waals surface area contributed by atoms with Crippen molar-refractivity contribution < 1.29 is 218 Å². The molecule has 8 saturated heterocycles. The van der Waals surface area contributed by atoms with Crippen LogP contribution in [0.15, 0.2) is 36.5 Å². The van der Waals surface area contributed by atoms with Gasteiger partial charge in [0.05, 0.1) is 153 Å². The van der Waals surface area contributed by atoms with Gasteiger partial charge in [-0.3, -0.25) is 14.4 Å². The van der Waals surface area contributed by atoms with E-state index in [0.717, 1.165) is 0 Å². The van der Waals surface area contributed by atoms with E-state index in [1.807, 2.05) is 27.7 Å². The van der Waals surface area contributed by atoms with Crippen molar-refractivity contribution >= 4 is 17.8 Å². The summed E-state index contributed by atoms with van der Waals surface area (Å²) < 4.78 is 102. The summed E-state index contributed by atoms with van der Waals surface area (Å²) >= 11 is 0. The van der Waals surface area contributed by atoms with E-state index in [-0.39, 0.29) is 75.5 Å². The van der Waals surface area contributed by atoms with Crippen LogP contribution in [0.5, 0.6) is 0 Å². The van der Waals surface area contributed by atoms with Crippen molar-refractivity contribution in [2.45, 2.75) is 533 Å². The van der Waals surface area contributed by atoms with Gasteiger partial charge in [0.1, 0.15) is 110 Å². The summed E-state index contributed by atoms with van der Waals surface area (Å²) in [5.41, 5.74) is 5.43. The zero-order chi connectivity index (χ0) is 112. The number of aliphatic hydroxyl groups excluding tert-OH is 24. The molecule has 872 valence electrons. The topological polar surface area (TPSA) is 755 Å². The van der Waals surface area contributed by atoms with Crippen molar-refractivity contribution in [3.05, 3.63) is 36.5 Å². The fraction of sp³-hybridized carbons (Fsp3) is 0.913. The normalized spacial score (nSPS) is 46.2. The predicted octanol–water partition coefficient (Wildman–Crippen LogP) is -3.68. The van der Waals surface area contributed by atoms with E-state index in [1.165, 1.54) is 86.6 Å². The number of carbonyl (C=O) groups excluding carboxylic acids is 3. The molecule has 47 nitrogen and oxygen atoms in total. The van der Waals surface area contributed by atoms with Gasteiger partial charge in [-0.2, -0.15) is 0 Å². The molecule has 9 aliphatic rings. The molecule has 47 heteroatoms. The van der Waals surface area contributed by atoms with E-state index in [2.05, 4.69) is 10.6 Å². The number of rotatable bonds is 32. The van der Waals surface area contributed by atoms with Crippen LogP contribution in [0, 0.1) is 47.3 Å². The second-order valence-electron chi connectivity index (χ2n) is 44.5. The molecular formula is C103H181N3O44. The summed E-state index contributed by atoms with van der Waals surface area (Å²) in [6, 6.07) is -2.06. The molecule has 9 heterocycles. The third-order valence-electron chi connectivity index (χ3n) is 32.0. The number of esters is 1. The lowest BCUT2D eigenvalue weighted by Gasteiger charge is -2.52. The van der Waals surface area contributed by atoms with Crippen molar-refractivity contribution in [3.8, 4) is 0 Å². The van der Waals surface area contributed by atoms with E-state index in [4.69, 9.17) is 81.5 Å². The van der Waals surface area contributed by atoms with Gasteiger partial charge in [0.25, 0.3) is 0 Å². The first-order valence-electron chi connectivity index (χ1n) is 53.6. The number of nitrogens with two attached hydrogens (primary N) is 1. The average molecular weight is 2170 g/mol. The largest absolute Gasteiger partial charge is 0.461 e. The molecule has 2 amide bonds. The van der Waals surface area contributed by atoms with Gasteiger partial charge in [-0.15, -0.1) is 0 Å². The van der Waals surface area contributed by atoms with Crippen LogP contribution >= 0.6 is 0 Å². The molecule has 0 aromatic carbocycles. The van der Waals surface area contributed by atoms with Gasteiger partial charge in [-0.25, -0.2) is 0 Å². The smallest absolute Gasteiger partial charge is 0.311 e. The second-order valence-corrected chi connectivity index (χ2v) is 44.5. The van der Waals surface area contributed by atoms with E-state index in [0.29, 0.717) is 32.1 Å². The molecule has 29 N–H and O–H groups in total. The van der Waals surface area contributed by atoms with Gasteiger partial charge < -0.3 is 220 Å². The Hall–Kier alpha value is -4.01. The minimum Gasteiger partial charge on any atom is -0.461 e. The van der Waals surface area contributed by atoms with Gasteiger partial charge >= 0.3 is 5.97 Å². The van der Waals surface area contributed by atoms with Crippen LogP contribution in [0.25, 0.3) is 0 Å². The lowest BCUT2D eigenvalue weighted by Crippen LogP contribution is -2.68. The zero-order valence-electron chi connectivity index (χ0n) is 89.4. The highest BCUT2D eigenvalue weighted by molar-refractivity contribution is 5.74. The fourth-order valence-electron chi connectivity index (χ4n) is 21.4. The van der Waals surface area contributed by atoms with Crippen LogP contribution in [0.1, 0.15) is 233 Å². The van der Waals surface area contributed by atoms with Crippen molar-refractivity contribution in [1.29, 1.82) is 0 Å². The number of unbranched alkanes of at least 4 members (excludes halogenated alkanes) is 1. The highest BCUT2D eigenvalue weighted by atomic mass is 16.8. The first-order chi connectivity index (χ1) is 70.3. The Bertz CT molecular complexity index is 4060. The maximum Gasteiger partial charge on any atom is 0.311 e. The zero-order valence-corrected chi connectivity index (χ0v) is 89.4. The number of hydrogen-bond donors (Lipinski definition) is 28. The summed E-state index contributed by atoms with van der Waals surface area (Å²) in [5.74, 6) is -11.1. The Morgan fingerprint density at radius 1 is 0.467 bits per heavy atom. The van der Waals surface area contributed by atoms with E-state index >= 15 is 0 Å². The predicted molar refractivity (Wildman–Crippen MR) is 526 cm³/mol. The third kappa shape index (κ3) is 35.3. The van der Waals surface area contributed by atoms with Gasteiger partial charge in [0.2, 0.25) is 11.8 Å². The first-order valence-corrected chi connectivity index (χ1v) is 53.6. The molecule has 0 aromatic rings. The van der Waals surface area contributed by atoms with Crippen molar-refractivity contribution in [2.24, 2.45) is 53.1 Å². The number of carbonyl (C=O) groups is 3. The van der Waals surface area contributed by atoms with Crippen LogP contribution in [0.3, 0.4) is 0 Å². The third-order valence-corrected chi connectivity index (χ3v) is 32.0. The van der Waals surface area contributed by atoms with Gasteiger partial charge in [0.15, 0.2) is 49.8 Å². The molecule has 2 bridgehead atoms. The minimum atomic E-state index is -3.05. The van der Waals surface area contributed by atoms with Gasteiger partial charge in [-0.1, -0.05) is 97.8 Å². The average Bonchev–Trinajstić information content (AvgIpc) is 0.758. The molecule has 9 rings (SSSR count). The number of nitrogens with one attached hydrogen (secondary N) is 2. The maximum absolute atomic E-state index is 14.3. The summed E-state index contributed by atoms with van der Waals surface area (Å²) in [5, 5.41) is 296. The number of cyclic esters (lactones) is 1. The van der Waals surface area contributed by atoms with Crippen molar-refractivity contribution in [3.63, 3.8) is 0 Å². The number of allylic oxidation sites excluding steroid dienone is 2. The van der Waals surface area contributed by atoms with Gasteiger partial charge in [0, 0.05) is 88.0 Å². The van der Waals surface area contributed by atoms with Crippen LogP contribution in [0.2, 0.25) is 0 Å². The summed E-state index contributed by atoms with van der Waals surface area (Å²) in [6.07, 6.45) is -61.9. The molecule has 0 aromatic heterocycles. The number of amides is 2. The summed E-state index contributed by atoms with van der Waals surface area (Å²) in [6.45, 7) is 24.9. The summed E-state index contributed by atoms with van der Waals surface area (Å²) in [4.78, 5) is 39.5. The summed E-state index contributed by atoms with van der Waals surface area (Å²) in [7, 11) is 0. The fourth-order valence-corrected chi connectivity index (χ4v) is 21.4. The van der Waals surface area contributed by atoms with Gasteiger partial charge in [-0.05, 0) is 131 Å². The SMILES string of the molecule is CC(=O)N[C@@H]1C[C@H](O[C@@H]2[C@@H](O)[C@H](O[C@H]3[C@H](O[C@H]4C[C@@H](NC(C)=O)[C@H](O)[C@@H](C)O4)[C@@H](O[C@@H]4O[C@H](CO)[C@@H](O)[C@H](O)[C@H]4O)[C@H](OC4CC5(O)OC(CC(O)C5O)C(C)C(O[C@@H]5O[C@H](CO)[C@@H](O)[C@H](O)[C@H]5O)CC(O)CC(O)C(C)C(O)C=CC=CC(C)C(CC(O)CCCCC(C)C(O)C(C)CCC(O)C(C)C(C)O[C@H]5C[C@](C)(N)[C@H](O)[C@H](C)O5)OC(=O)C(C)C(O)C=CCC(O)CC(O)CCC4C)O[C@@H]3C)O[C@H](C)[C@H]2O)O[C@H](C)[C@H]1O.